The summed E-state index contributed by atoms with van der Waals surface area (Å²) in [4.78, 5) is 26.1. The van der Waals surface area contributed by atoms with E-state index >= 15 is 0 Å². The van der Waals surface area contributed by atoms with E-state index in [0.29, 0.717) is 36.5 Å². The topological polar surface area (TPSA) is 160 Å². The highest BCUT2D eigenvalue weighted by Gasteiger charge is 2.81. The Bertz CT molecular complexity index is 1620. The van der Waals surface area contributed by atoms with Gasteiger partial charge in [0.1, 0.15) is 27.8 Å². The molecule has 0 aliphatic carbocycles. The van der Waals surface area contributed by atoms with Crippen LogP contribution < -0.4 is 0 Å². The van der Waals surface area contributed by atoms with Gasteiger partial charge in [0, 0.05) is 50.1 Å². The van der Waals surface area contributed by atoms with Crippen molar-refractivity contribution in [3.63, 3.8) is 0 Å². The summed E-state index contributed by atoms with van der Waals surface area (Å²) in [5, 5.41) is 17.3. The lowest BCUT2D eigenvalue weighted by atomic mass is 10.4. The summed E-state index contributed by atoms with van der Waals surface area (Å²) in [6, 6.07) is 9.29. The lowest BCUT2D eigenvalue weighted by Gasteiger charge is -2.66. The van der Waals surface area contributed by atoms with E-state index in [1.807, 2.05) is 35.7 Å². The molecule has 7 heterocycles. The number of aromatic amines is 2. The van der Waals surface area contributed by atoms with E-state index < -0.39 is 8.48 Å². The van der Waals surface area contributed by atoms with Crippen molar-refractivity contribution in [2.75, 3.05) is 0 Å². The van der Waals surface area contributed by atoms with Gasteiger partial charge in [-0.1, -0.05) is 6.07 Å². The molecule has 12 nitrogen and oxygen atoms in total. The predicted molar refractivity (Wildman–Crippen MR) is 129 cm³/mol. The Morgan fingerprint density at radius 2 is 1.86 bits per heavy atom. The third kappa shape index (κ3) is 2.00. The van der Waals surface area contributed by atoms with Crippen LogP contribution in [0.5, 0.6) is 0 Å². The first-order valence-corrected chi connectivity index (χ1v) is 13.9. The van der Waals surface area contributed by atoms with Crippen molar-refractivity contribution in [1.29, 1.82) is 0 Å². The Morgan fingerprint density at radius 3 is 2.53 bits per heavy atom. The van der Waals surface area contributed by atoms with Crippen molar-refractivity contribution in [1.82, 2.24) is 40.3 Å². The molecule has 0 aromatic carbocycles. The second-order valence-corrected chi connectivity index (χ2v) is 13.9. The highest BCUT2D eigenvalue weighted by atomic mass is 32.4. The molecule has 6 aromatic heterocycles. The number of hydrogen-bond donors (Lipinski definition) is 2. The van der Waals surface area contributed by atoms with E-state index in [2.05, 4.69) is 30.3 Å². The lowest BCUT2D eigenvalue weighted by molar-refractivity contribution is 0.392. The van der Waals surface area contributed by atoms with Gasteiger partial charge in [0.2, 0.25) is 0 Å². The van der Waals surface area contributed by atoms with Crippen molar-refractivity contribution < 1.29 is 8.94 Å². The molecule has 0 fully saturated rings. The number of rotatable bonds is 6. The van der Waals surface area contributed by atoms with Gasteiger partial charge in [-0.15, -0.1) is 26.1 Å². The zero-order valence-electron chi connectivity index (χ0n) is 18.3. The molecule has 0 bridgehead atoms. The van der Waals surface area contributed by atoms with Crippen LogP contribution in [0.2, 0.25) is 0 Å². The molecule has 0 unspecified atom stereocenters. The minimum Gasteiger partial charge on any atom is -0.440 e. The molecule has 2 N–H and O–H groups in total. The number of hydrogen-bond acceptors (Lipinski definition) is 11. The fourth-order valence-electron chi connectivity index (χ4n) is 4.96. The van der Waals surface area contributed by atoms with Gasteiger partial charge in [-0.2, -0.15) is 0 Å². The van der Waals surface area contributed by atoms with Gasteiger partial charge in [0.15, 0.2) is 11.3 Å². The fraction of sp³-hybridized carbons (Fsp3) is 0. The molecule has 0 radical (unpaired) electrons. The third-order valence-corrected chi connectivity index (χ3v) is 13.9. The van der Waals surface area contributed by atoms with Gasteiger partial charge in [-0.3, -0.25) is 0 Å². The Balaban J connectivity index is 1.90. The quantitative estimate of drug-likeness (QED) is 0.302. The molecular weight excluding hydrogens is 500 g/mol. The summed E-state index contributed by atoms with van der Waals surface area (Å²) in [6.45, 7) is 0. The first kappa shape index (κ1) is 20.7. The van der Waals surface area contributed by atoms with Crippen LogP contribution in [-0.2, 0) is 0 Å². The van der Waals surface area contributed by atoms with E-state index in [-0.39, 0.29) is 5.22 Å². The molecule has 0 amide bonds. The highest BCUT2D eigenvalue weighted by Crippen LogP contribution is 3.13. The first-order chi connectivity index (χ1) is 17.8. The van der Waals surface area contributed by atoms with Crippen LogP contribution in [0.4, 0.5) is 0 Å². The summed E-state index contributed by atoms with van der Waals surface area (Å²) in [5.74, 6) is 0.466. The van der Waals surface area contributed by atoms with E-state index in [1.165, 1.54) is 23.9 Å². The summed E-state index contributed by atoms with van der Waals surface area (Å²) >= 11 is 1.42. The maximum atomic E-state index is 6.25. The van der Waals surface area contributed by atoms with Crippen LogP contribution in [0, 0.1) is 0 Å². The van der Waals surface area contributed by atoms with Gasteiger partial charge in [0.25, 0.3) is 5.22 Å². The normalized spacial score (nSPS) is 19.4. The molecule has 6 aromatic rings. The van der Waals surface area contributed by atoms with Crippen LogP contribution in [-0.4, -0.2) is 40.3 Å². The molecule has 14 heteroatoms. The van der Waals surface area contributed by atoms with Crippen molar-refractivity contribution in [2.45, 2.75) is 20.3 Å². The van der Waals surface area contributed by atoms with E-state index in [9.17, 15) is 0 Å². The predicted octanol–water partition coefficient (Wildman–Crippen LogP) is 5.28. The van der Waals surface area contributed by atoms with E-state index in [4.69, 9.17) is 28.5 Å². The Morgan fingerprint density at radius 1 is 0.861 bits per heavy atom. The molecule has 0 atom stereocenters. The SMILES string of the molecule is c1ccc(S2(c3conn3)(c3ccc[nH]3)(c3ncco3)N=NC(c3nccs3)=C2c2ncc[nH]2)nc1. The fourth-order valence-corrected chi connectivity index (χ4v) is 12.2. The van der Waals surface area contributed by atoms with Gasteiger partial charge < -0.3 is 18.9 Å². The smallest absolute Gasteiger partial charge is 0.261 e. The molecule has 1 aliphatic heterocycles. The monoisotopic (exact) mass is 516 g/mol. The second kappa shape index (κ2) is 6.93. The average Bonchev–Trinajstić information content (AvgIpc) is 3.76. The first-order valence-electron chi connectivity index (χ1n) is 10.6. The maximum absolute atomic E-state index is 6.25. The molecule has 178 valence electrons. The number of pyridine rings is 1. The minimum atomic E-state index is -5.17. The standard InChI is InChI=1S/C22H16N10O2S2/c1-2-6-23-15(4-1)36(16-5-3-7-24-16,17-14-34-31-29-17,22-28-10-12-33-22)19(20-25-8-9-26-20)18(30-32-36)21-27-11-13-35-21/h1-14,24H,(H,25,26). The zero-order valence-corrected chi connectivity index (χ0v) is 19.9. The van der Waals surface area contributed by atoms with Gasteiger partial charge in [-0.25, -0.2) is 19.9 Å². The van der Waals surface area contributed by atoms with Crippen LogP contribution >= 0.6 is 19.8 Å². The molecule has 0 saturated heterocycles. The van der Waals surface area contributed by atoms with Crippen molar-refractivity contribution >= 4 is 30.4 Å². The number of thiazole rings is 1. The Labute approximate surface area is 205 Å². The van der Waals surface area contributed by atoms with Crippen molar-refractivity contribution in [3.05, 3.63) is 96.3 Å². The molecule has 0 saturated carbocycles. The van der Waals surface area contributed by atoms with E-state index in [0.717, 1.165) is 0 Å². The Kier molecular flexibility index (Phi) is 3.98. The third-order valence-electron chi connectivity index (χ3n) is 6.35. The number of H-pyrrole nitrogens is 2. The number of nitrogens with one attached hydrogen (secondary N) is 2. The Hall–Kier alpha value is -4.69. The number of nitrogens with zero attached hydrogens (tertiary/aromatic N) is 8. The lowest BCUT2D eigenvalue weighted by Crippen LogP contribution is -2.38. The molecule has 36 heavy (non-hydrogen) atoms. The second-order valence-electron chi connectivity index (χ2n) is 7.85. The van der Waals surface area contributed by atoms with Crippen molar-refractivity contribution in [3.8, 4) is 0 Å². The number of imidazole rings is 1. The highest BCUT2D eigenvalue weighted by molar-refractivity contribution is 8.69. The number of oxazole rings is 1. The summed E-state index contributed by atoms with van der Waals surface area (Å²) in [7, 11) is -5.17. The molecule has 1 aliphatic rings. The van der Waals surface area contributed by atoms with Gasteiger partial charge in [-0.05, 0) is 24.3 Å². The van der Waals surface area contributed by atoms with Crippen molar-refractivity contribution in [2.24, 2.45) is 9.63 Å². The molecule has 0 spiro atoms. The zero-order chi connectivity index (χ0) is 24.1. The molecular formula is C22H16N10O2S2. The maximum Gasteiger partial charge on any atom is 0.261 e. The minimum absolute atomic E-state index is 0.202. The summed E-state index contributed by atoms with van der Waals surface area (Å²) in [6.07, 6.45) is 13.0. The average molecular weight is 517 g/mol. The molecule has 7 rings (SSSR count). The largest absolute Gasteiger partial charge is 0.440 e. The van der Waals surface area contributed by atoms with Gasteiger partial charge in [0.05, 0.1) is 16.1 Å². The van der Waals surface area contributed by atoms with E-state index in [1.54, 1.807) is 37.2 Å². The van der Waals surface area contributed by atoms with Gasteiger partial charge >= 0.3 is 0 Å². The number of aromatic nitrogens is 8. The summed E-state index contributed by atoms with van der Waals surface area (Å²) < 4.78 is 16.9. The van der Waals surface area contributed by atoms with Crippen LogP contribution in [0.15, 0.2) is 124 Å². The van der Waals surface area contributed by atoms with Crippen LogP contribution in [0.25, 0.3) is 10.6 Å². The van der Waals surface area contributed by atoms with Crippen LogP contribution in [0.1, 0.15) is 10.8 Å². The van der Waals surface area contributed by atoms with Crippen LogP contribution in [0.3, 0.4) is 0 Å². The summed E-state index contributed by atoms with van der Waals surface area (Å²) in [5.41, 5.74) is 0.475.